The molecule has 2 aliphatic rings. The van der Waals surface area contributed by atoms with Crippen molar-refractivity contribution in [2.45, 2.75) is 32.4 Å². The minimum absolute atomic E-state index is 0.547. The van der Waals surface area contributed by atoms with Crippen LogP contribution in [0.1, 0.15) is 29.8 Å². The Morgan fingerprint density at radius 1 is 1.04 bits per heavy atom. The Labute approximate surface area is 154 Å². The molecule has 1 spiro atoms. The number of nitrogens with zero attached hydrogens (tertiary/aromatic N) is 3. The van der Waals surface area contributed by atoms with Crippen molar-refractivity contribution in [3.8, 4) is 5.75 Å². The standard InChI is InChI=1S/C20H27N3OS/c1-24-18-4-2-17(3-5-18)14-23-12-8-20(16-23)6-10-22(11-7-20)15-19-21-9-13-25-19/h2-5,9,13H,6-8,10-12,14-16H2,1H3. The first-order chi connectivity index (χ1) is 12.2. The van der Waals surface area contributed by atoms with Crippen molar-refractivity contribution in [3.63, 3.8) is 0 Å². The van der Waals surface area contributed by atoms with Crippen molar-refractivity contribution in [1.29, 1.82) is 0 Å². The average molecular weight is 358 g/mol. The van der Waals surface area contributed by atoms with Gasteiger partial charge in [-0.3, -0.25) is 9.80 Å². The maximum atomic E-state index is 5.25. The number of ether oxygens (including phenoxy) is 1. The minimum atomic E-state index is 0.547. The summed E-state index contributed by atoms with van der Waals surface area (Å²) in [6, 6.07) is 8.53. The monoisotopic (exact) mass is 357 g/mol. The second-order valence-corrected chi connectivity index (χ2v) is 8.49. The van der Waals surface area contributed by atoms with Gasteiger partial charge in [0.05, 0.1) is 13.7 Å². The van der Waals surface area contributed by atoms with Gasteiger partial charge in [-0.1, -0.05) is 12.1 Å². The Morgan fingerprint density at radius 2 is 1.76 bits per heavy atom. The number of hydrogen-bond acceptors (Lipinski definition) is 5. The zero-order chi connectivity index (χ0) is 17.1. The van der Waals surface area contributed by atoms with Gasteiger partial charge in [0.15, 0.2) is 0 Å². The van der Waals surface area contributed by atoms with E-state index in [0.717, 1.165) is 18.8 Å². The molecule has 4 nitrogen and oxygen atoms in total. The SMILES string of the molecule is COc1ccc(CN2CCC3(CCN(Cc4nccs4)CC3)C2)cc1. The number of rotatable bonds is 5. The Morgan fingerprint density at radius 3 is 2.40 bits per heavy atom. The van der Waals surface area contributed by atoms with Gasteiger partial charge in [0, 0.05) is 24.7 Å². The molecule has 5 heteroatoms. The fraction of sp³-hybridized carbons (Fsp3) is 0.550. The molecule has 0 amide bonds. The topological polar surface area (TPSA) is 28.6 Å². The number of likely N-dealkylation sites (tertiary alicyclic amines) is 2. The normalized spacial score (nSPS) is 21.0. The third kappa shape index (κ3) is 4.05. The highest BCUT2D eigenvalue weighted by molar-refractivity contribution is 7.09. The Hall–Kier alpha value is -1.43. The summed E-state index contributed by atoms with van der Waals surface area (Å²) in [4.78, 5) is 9.65. The van der Waals surface area contributed by atoms with Crippen LogP contribution in [0.3, 0.4) is 0 Å². The quantitative estimate of drug-likeness (QED) is 0.817. The summed E-state index contributed by atoms with van der Waals surface area (Å²) in [5, 5.41) is 3.33. The van der Waals surface area contributed by atoms with E-state index in [4.69, 9.17) is 4.74 Å². The van der Waals surface area contributed by atoms with E-state index in [9.17, 15) is 0 Å². The van der Waals surface area contributed by atoms with E-state index in [1.54, 1.807) is 18.4 Å². The van der Waals surface area contributed by atoms with Crippen molar-refractivity contribution >= 4 is 11.3 Å². The molecule has 3 heterocycles. The first-order valence-corrected chi connectivity index (χ1v) is 10.1. The number of aromatic nitrogens is 1. The third-order valence-corrected chi connectivity index (χ3v) is 6.61. The van der Waals surface area contributed by atoms with Crippen LogP contribution in [0.5, 0.6) is 5.75 Å². The van der Waals surface area contributed by atoms with Crippen LogP contribution in [-0.2, 0) is 13.1 Å². The smallest absolute Gasteiger partial charge is 0.118 e. The van der Waals surface area contributed by atoms with E-state index in [2.05, 4.69) is 44.4 Å². The van der Waals surface area contributed by atoms with E-state index in [1.807, 2.05) is 6.20 Å². The molecule has 1 aromatic heterocycles. The van der Waals surface area contributed by atoms with Gasteiger partial charge in [-0.15, -0.1) is 11.3 Å². The van der Waals surface area contributed by atoms with Crippen LogP contribution in [0.25, 0.3) is 0 Å². The van der Waals surface area contributed by atoms with E-state index in [1.165, 1.54) is 56.0 Å². The van der Waals surface area contributed by atoms with Crippen LogP contribution in [0.15, 0.2) is 35.8 Å². The lowest BCUT2D eigenvalue weighted by atomic mass is 9.78. The predicted octanol–water partition coefficient (Wildman–Crippen LogP) is 3.64. The van der Waals surface area contributed by atoms with E-state index in [-0.39, 0.29) is 0 Å². The first-order valence-electron chi connectivity index (χ1n) is 9.21. The Balaban J connectivity index is 1.28. The van der Waals surface area contributed by atoms with Gasteiger partial charge in [0.25, 0.3) is 0 Å². The van der Waals surface area contributed by atoms with Crippen LogP contribution in [-0.4, -0.2) is 48.1 Å². The summed E-state index contributed by atoms with van der Waals surface area (Å²) in [5.74, 6) is 0.939. The van der Waals surface area contributed by atoms with Crippen molar-refractivity contribution in [3.05, 3.63) is 46.4 Å². The van der Waals surface area contributed by atoms with E-state index in [0.29, 0.717) is 5.41 Å². The largest absolute Gasteiger partial charge is 0.497 e. The minimum Gasteiger partial charge on any atom is -0.497 e. The molecule has 4 rings (SSSR count). The molecule has 0 aliphatic carbocycles. The van der Waals surface area contributed by atoms with Crippen LogP contribution < -0.4 is 4.74 Å². The summed E-state index contributed by atoms with van der Waals surface area (Å²) in [5.41, 5.74) is 1.94. The molecule has 0 N–H and O–H groups in total. The summed E-state index contributed by atoms with van der Waals surface area (Å²) in [6.45, 7) is 7.02. The van der Waals surface area contributed by atoms with Gasteiger partial charge < -0.3 is 4.74 Å². The molecule has 2 aromatic rings. The lowest BCUT2D eigenvalue weighted by Gasteiger charge is -2.39. The van der Waals surface area contributed by atoms with Crippen LogP contribution >= 0.6 is 11.3 Å². The number of hydrogen-bond donors (Lipinski definition) is 0. The maximum absolute atomic E-state index is 5.25. The zero-order valence-electron chi connectivity index (χ0n) is 15.0. The van der Waals surface area contributed by atoms with Crippen molar-refractivity contribution in [2.24, 2.45) is 5.41 Å². The van der Waals surface area contributed by atoms with Crippen molar-refractivity contribution < 1.29 is 4.74 Å². The lowest BCUT2D eigenvalue weighted by molar-refractivity contribution is 0.102. The van der Waals surface area contributed by atoms with Gasteiger partial charge in [0.1, 0.15) is 10.8 Å². The fourth-order valence-corrected chi connectivity index (χ4v) is 4.93. The van der Waals surface area contributed by atoms with Crippen molar-refractivity contribution in [2.75, 3.05) is 33.3 Å². The number of methoxy groups -OCH3 is 1. The van der Waals surface area contributed by atoms with Gasteiger partial charge >= 0.3 is 0 Å². The highest BCUT2D eigenvalue weighted by Crippen LogP contribution is 2.41. The van der Waals surface area contributed by atoms with Crippen molar-refractivity contribution in [1.82, 2.24) is 14.8 Å². The molecule has 2 aliphatic heterocycles. The van der Waals surface area contributed by atoms with Gasteiger partial charge in [-0.25, -0.2) is 4.98 Å². The van der Waals surface area contributed by atoms with Crippen LogP contribution in [0.4, 0.5) is 0 Å². The molecule has 2 saturated heterocycles. The summed E-state index contributed by atoms with van der Waals surface area (Å²) in [6.07, 6.45) is 5.93. The van der Waals surface area contributed by atoms with E-state index >= 15 is 0 Å². The number of piperidine rings is 1. The molecule has 25 heavy (non-hydrogen) atoms. The number of thiazole rings is 1. The number of benzene rings is 1. The molecular formula is C20H27N3OS. The molecule has 134 valence electrons. The van der Waals surface area contributed by atoms with E-state index < -0.39 is 0 Å². The molecule has 0 saturated carbocycles. The second kappa shape index (κ2) is 7.44. The third-order valence-electron chi connectivity index (χ3n) is 5.84. The molecular weight excluding hydrogens is 330 g/mol. The van der Waals surface area contributed by atoms with Gasteiger partial charge in [-0.05, 0) is 62.0 Å². The molecule has 1 aromatic carbocycles. The average Bonchev–Trinajstić information content (AvgIpc) is 3.28. The highest BCUT2D eigenvalue weighted by Gasteiger charge is 2.40. The Kier molecular flexibility index (Phi) is 5.06. The molecule has 2 fully saturated rings. The second-order valence-electron chi connectivity index (χ2n) is 7.51. The maximum Gasteiger partial charge on any atom is 0.118 e. The molecule has 0 bridgehead atoms. The fourth-order valence-electron chi connectivity index (χ4n) is 4.27. The predicted molar refractivity (Wildman–Crippen MR) is 102 cm³/mol. The first kappa shape index (κ1) is 17.0. The zero-order valence-corrected chi connectivity index (χ0v) is 15.8. The molecule has 0 atom stereocenters. The summed E-state index contributed by atoms with van der Waals surface area (Å²) < 4.78 is 5.25. The summed E-state index contributed by atoms with van der Waals surface area (Å²) in [7, 11) is 1.72. The highest BCUT2D eigenvalue weighted by atomic mass is 32.1. The summed E-state index contributed by atoms with van der Waals surface area (Å²) >= 11 is 1.77. The van der Waals surface area contributed by atoms with Crippen LogP contribution in [0, 0.1) is 5.41 Å². The lowest BCUT2D eigenvalue weighted by Crippen LogP contribution is -2.41. The molecule has 0 radical (unpaired) electrons. The molecule has 0 unspecified atom stereocenters. The van der Waals surface area contributed by atoms with Crippen LogP contribution in [0.2, 0.25) is 0 Å². The Bertz CT molecular complexity index is 663. The van der Waals surface area contributed by atoms with Gasteiger partial charge in [0.2, 0.25) is 0 Å². The van der Waals surface area contributed by atoms with Gasteiger partial charge in [-0.2, -0.15) is 0 Å².